The van der Waals surface area contributed by atoms with E-state index in [0.717, 1.165) is 32.0 Å². The molecule has 0 aliphatic carbocycles. The molecule has 0 N–H and O–H groups in total. The van der Waals surface area contributed by atoms with Crippen LogP contribution in [0.2, 0.25) is 0 Å². The van der Waals surface area contributed by atoms with Crippen LogP contribution in [0.1, 0.15) is 44.1 Å². The van der Waals surface area contributed by atoms with E-state index in [1.165, 1.54) is 5.56 Å². The molecule has 92 valence electrons. The molecule has 0 radical (unpaired) electrons. The van der Waals surface area contributed by atoms with Gasteiger partial charge in [-0.25, -0.2) is 0 Å². The molecule has 0 aromatic heterocycles. The molecule has 0 unspecified atom stereocenters. The molecule has 1 nitrogen and oxygen atoms in total. The van der Waals surface area contributed by atoms with Crippen LogP contribution < -0.4 is 0 Å². The lowest BCUT2D eigenvalue weighted by molar-refractivity contribution is -0.111. The van der Waals surface area contributed by atoms with Crippen LogP contribution in [0, 0.1) is 5.92 Å². The van der Waals surface area contributed by atoms with E-state index in [1.807, 2.05) is 24.3 Å². The minimum atomic E-state index is 0.121. The summed E-state index contributed by atoms with van der Waals surface area (Å²) in [5, 5.41) is 0. The maximum atomic E-state index is 11.3. The highest BCUT2D eigenvalue weighted by molar-refractivity contribution is 5.56. The fraction of sp³-hybridized carbons (Fsp3) is 0.438. The first-order valence-corrected chi connectivity index (χ1v) is 6.44. The quantitative estimate of drug-likeness (QED) is 0.479. The van der Waals surface area contributed by atoms with Crippen LogP contribution in [-0.2, 0) is 4.79 Å². The van der Waals surface area contributed by atoms with Crippen molar-refractivity contribution >= 4 is 6.29 Å². The number of hydrogen-bond donors (Lipinski definition) is 0. The summed E-state index contributed by atoms with van der Waals surface area (Å²) in [6, 6.07) is 10.3. The number of hydrogen-bond acceptors (Lipinski definition) is 1. The number of carbonyl (C=O) groups is 1. The lowest BCUT2D eigenvalue weighted by atomic mass is 9.81. The summed E-state index contributed by atoms with van der Waals surface area (Å²) in [6.45, 7) is 5.97. The van der Waals surface area contributed by atoms with Gasteiger partial charge >= 0.3 is 0 Å². The van der Waals surface area contributed by atoms with Crippen molar-refractivity contribution in [1.29, 1.82) is 0 Å². The average molecular weight is 230 g/mol. The highest BCUT2D eigenvalue weighted by Crippen LogP contribution is 2.30. The third-order valence-electron chi connectivity index (χ3n) is 3.23. The summed E-state index contributed by atoms with van der Waals surface area (Å²) in [4.78, 5) is 11.3. The Balaban J connectivity index is 2.82. The van der Waals surface area contributed by atoms with Gasteiger partial charge in [0.2, 0.25) is 0 Å². The van der Waals surface area contributed by atoms with Crippen molar-refractivity contribution in [3.05, 3.63) is 48.6 Å². The second-order valence-corrected chi connectivity index (χ2v) is 4.48. The largest absolute Gasteiger partial charge is 0.303 e. The van der Waals surface area contributed by atoms with Gasteiger partial charge in [-0.05, 0) is 24.3 Å². The molecule has 0 heterocycles. The Labute approximate surface area is 105 Å². The molecule has 1 rings (SSSR count). The van der Waals surface area contributed by atoms with Crippen LogP contribution in [0.5, 0.6) is 0 Å². The van der Waals surface area contributed by atoms with E-state index < -0.39 is 0 Å². The zero-order valence-electron chi connectivity index (χ0n) is 10.6. The first-order valence-electron chi connectivity index (χ1n) is 6.44. The Bertz CT molecular complexity index is 329. The second-order valence-electron chi connectivity index (χ2n) is 4.48. The SMILES string of the molecule is C=CC[C@@H](c1ccccc1)[C@H](C=O)CCCC. The molecule has 1 aromatic rings. The van der Waals surface area contributed by atoms with Crippen LogP contribution in [-0.4, -0.2) is 6.29 Å². The zero-order valence-corrected chi connectivity index (χ0v) is 10.6. The maximum absolute atomic E-state index is 11.3. The zero-order chi connectivity index (χ0) is 12.5. The van der Waals surface area contributed by atoms with Gasteiger partial charge in [-0.1, -0.05) is 56.2 Å². The number of unbranched alkanes of at least 4 members (excludes halogenated alkanes) is 1. The molecule has 0 spiro atoms. The molecule has 17 heavy (non-hydrogen) atoms. The van der Waals surface area contributed by atoms with Gasteiger partial charge < -0.3 is 4.79 Å². The molecular weight excluding hydrogens is 208 g/mol. The molecule has 0 aliphatic heterocycles. The molecule has 0 saturated heterocycles. The third kappa shape index (κ3) is 4.18. The van der Waals surface area contributed by atoms with Gasteiger partial charge in [0, 0.05) is 5.92 Å². The molecule has 0 aliphatic rings. The minimum Gasteiger partial charge on any atom is -0.303 e. The van der Waals surface area contributed by atoms with E-state index >= 15 is 0 Å². The number of allylic oxidation sites excluding steroid dienone is 1. The predicted molar refractivity (Wildman–Crippen MR) is 73.1 cm³/mol. The molecule has 1 aromatic carbocycles. The van der Waals surface area contributed by atoms with E-state index in [4.69, 9.17) is 0 Å². The summed E-state index contributed by atoms with van der Waals surface area (Å²) >= 11 is 0. The van der Waals surface area contributed by atoms with Crippen LogP contribution in [0.15, 0.2) is 43.0 Å². The summed E-state index contributed by atoms with van der Waals surface area (Å²) in [7, 11) is 0. The molecule has 0 fully saturated rings. The van der Waals surface area contributed by atoms with E-state index in [2.05, 4.69) is 25.6 Å². The Kier molecular flexibility index (Phi) is 6.31. The minimum absolute atomic E-state index is 0.121. The normalized spacial score (nSPS) is 13.9. The van der Waals surface area contributed by atoms with Crippen molar-refractivity contribution in [2.24, 2.45) is 5.92 Å². The Morgan fingerprint density at radius 3 is 2.53 bits per heavy atom. The first-order chi connectivity index (χ1) is 8.33. The Morgan fingerprint density at radius 2 is 2.00 bits per heavy atom. The van der Waals surface area contributed by atoms with Crippen LogP contribution in [0.25, 0.3) is 0 Å². The van der Waals surface area contributed by atoms with Gasteiger partial charge in [0.1, 0.15) is 6.29 Å². The predicted octanol–water partition coefficient (Wildman–Crippen LogP) is 4.35. The standard InChI is InChI=1S/C16H22O/c1-3-5-10-15(13-17)16(9-4-2)14-11-7-6-8-12-14/h4,6-8,11-13,15-16H,2-3,5,9-10H2,1H3/t15-,16-/m0/s1. The van der Waals surface area contributed by atoms with E-state index in [9.17, 15) is 4.79 Å². The maximum Gasteiger partial charge on any atom is 0.123 e. The lowest BCUT2D eigenvalue weighted by Crippen LogP contribution is -2.14. The molecule has 0 bridgehead atoms. The Hall–Kier alpha value is -1.37. The summed E-state index contributed by atoms with van der Waals surface area (Å²) in [6.07, 6.45) is 7.14. The fourth-order valence-corrected chi connectivity index (χ4v) is 2.24. The number of carbonyl (C=O) groups excluding carboxylic acids is 1. The molecule has 1 heteroatoms. The van der Waals surface area contributed by atoms with Crippen LogP contribution in [0.4, 0.5) is 0 Å². The number of rotatable bonds is 8. The Morgan fingerprint density at radius 1 is 1.29 bits per heavy atom. The van der Waals surface area contributed by atoms with Crippen molar-refractivity contribution in [2.75, 3.05) is 0 Å². The van der Waals surface area contributed by atoms with Gasteiger partial charge in [0.05, 0.1) is 0 Å². The fourth-order valence-electron chi connectivity index (χ4n) is 2.24. The first kappa shape index (κ1) is 13.7. The van der Waals surface area contributed by atoms with Crippen molar-refractivity contribution in [3.63, 3.8) is 0 Å². The van der Waals surface area contributed by atoms with Gasteiger partial charge in [0.15, 0.2) is 0 Å². The molecular formula is C16H22O. The second kappa shape index (κ2) is 7.83. The molecule has 0 amide bonds. The number of aldehydes is 1. The van der Waals surface area contributed by atoms with Crippen molar-refractivity contribution < 1.29 is 4.79 Å². The van der Waals surface area contributed by atoms with Crippen LogP contribution >= 0.6 is 0 Å². The van der Waals surface area contributed by atoms with Gasteiger partial charge in [-0.15, -0.1) is 6.58 Å². The summed E-state index contributed by atoms with van der Waals surface area (Å²) < 4.78 is 0. The molecule has 2 atom stereocenters. The van der Waals surface area contributed by atoms with Crippen molar-refractivity contribution in [3.8, 4) is 0 Å². The topological polar surface area (TPSA) is 17.1 Å². The molecule has 0 saturated carbocycles. The third-order valence-corrected chi connectivity index (χ3v) is 3.23. The van der Waals surface area contributed by atoms with E-state index in [0.29, 0.717) is 0 Å². The van der Waals surface area contributed by atoms with Gasteiger partial charge in [-0.2, -0.15) is 0 Å². The van der Waals surface area contributed by atoms with E-state index in [1.54, 1.807) is 0 Å². The van der Waals surface area contributed by atoms with Crippen molar-refractivity contribution in [2.45, 2.75) is 38.5 Å². The average Bonchev–Trinajstić information content (AvgIpc) is 2.39. The van der Waals surface area contributed by atoms with Crippen LogP contribution in [0.3, 0.4) is 0 Å². The summed E-state index contributed by atoms with van der Waals surface area (Å²) in [5.74, 6) is 0.410. The lowest BCUT2D eigenvalue weighted by Gasteiger charge is -2.22. The van der Waals surface area contributed by atoms with E-state index in [-0.39, 0.29) is 11.8 Å². The summed E-state index contributed by atoms with van der Waals surface area (Å²) in [5.41, 5.74) is 1.25. The van der Waals surface area contributed by atoms with Gasteiger partial charge in [-0.3, -0.25) is 0 Å². The number of benzene rings is 1. The smallest absolute Gasteiger partial charge is 0.123 e. The monoisotopic (exact) mass is 230 g/mol. The highest BCUT2D eigenvalue weighted by Gasteiger charge is 2.20. The van der Waals surface area contributed by atoms with Gasteiger partial charge in [0.25, 0.3) is 0 Å². The van der Waals surface area contributed by atoms with Crippen molar-refractivity contribution in [1.82, 2.24) is 0 Å². The highest BCUT2D eigenvalue weighted by atomic mass is 16.1.